The number of rotatable bonds is 11. The number of hydrogen-bond acceptors (Lipinski definition) is 8. The normalized spacial score (nSPS) is 11.4. The molecule has 0 radical (unpaired) electrons. The van der Waals surface area contributed by atoms with Crippen LogP contribution in [0.3, 0.4) is 0 Å². The van der Waals surface area contributed by atoms with Gasteiger partial charge in [-0.15, -0.1) is 0 Å². The Hall–Kier alpha value is -4.95. The maximum atomic E-state index is 13.5. The first kappa shape index (κ1) is 30.0. The van der Waals surface area contributed by atoms with Crippen molar-refractivity contribution in [3.05, 3.63) is 113 Å². The molecule has 0 heterocycles. The third-order valence-corrected chi connectivity index (χ3v) is 9.17. The molecule has 0 bridgehead atoms. The van der Waals surface area contributed by atoms with E-state index in [9.17, 15) is 31.7 Å². The van der Waals surface area contributed by atoms with Crippen molar-refractivity contribution in [2.75, 3.05) is 28.0 Å². The van der Waals surface area contributed by atoms with Crippen molar-refractivity contribution in [1.29, 1.82) is 0 Å². The molecular formula is C28H26N4O8S2. The zero-order valence-electron chi connectivity index (χ0n) is 22.4. The van der Waals surface area contributed by atoms with Gasteiger partial charge in [-0.05, 0) is 67.1 Å². The molecule has 218 valence electrons. The minimum Gasteiger partial charge on any atom is -0.495 e. The summed E-state index contributed by atoms with van der Waals surface area (Å²) in [5, 5.41) is 14.2. The van der Waals surface area contributed by atoms with Gasteiger partial charge in [0.25, 0.3) is 25.7 Å². The predicted octanol–water partition coefficient (Wildman–Crippen LogP) is 4.55. The molecule has 0 fully saturated rings. The SMILES string of the molecule is COc1ccc(C)cc1NS(=O)(=O)c1ccc(NC(=O)CN(c2ccccc2[N+](=O)[O-])S(=O)(=O)c2ccccc2)cc1. The van der Waals surface area contributed by atoms with E-state index in [1.165, 1.54) is 73.8 Å². The Balaban J connectivity index is 1.57. The lowest BCUT2D eigenvalue weighted by atomic mass is 10.2. The molecule has 0 saturated carbocycles. The third kappa shape index (κ3) is 6.67. The van der Waals surface area contributed by atoms with Gasteiger partial charge in [0.1, 0.15) is 18.0 Å². The van der Waals surface area contributed by atoms with Gasteiger partial charge in [-0.2, -0.15) is 0 Å². The molecule has 1 amide bonds. The van der Waals surface area contributed by atoms with Crippen molar-refractivity contribution in [3.63, 3.8) is 0 Å². The fourth-order valence-corrected chi connectivity index (χ4v) is 6.52. The van der Waals surface area contributed by atoms with Gasteiger partial charge in [0.05, 0.1) is 27.5 Å². The molecule has 0 aliphatic rings. The van der Waals surface area contributed by atoms with Crippen molar-refractivity contribution in [2.24, 2.45) is 0 Å². The first-order valence-corrected chi connectivity index (χ1v) is 15.2. The maximum Gasteiger partial charge on any atom is 0.293 e. The zero-order chi connectivity index (χ0) is 30.5. The molecule has 12 nitrogen and oxygen atoms in total. The number of hydrogen-bond donors (Lipinski definition) is 2. The molecule has 0 aromatic heterocycles. The Kier molecular flexibility index (Phi) is 8.78. The molecule has 4 aromatic rings. The van der Waals surface area contributed by atoms with E-state index >= 15 is 0 Å². The third-order valence-electron chi connectivity index (χ3n) is 6.01. The molecule has 4 rings (SSSR count). The topological polar surface area (TPSA) is 165 Å². The Labute approximate surface area is 242 Å². The van der Waals surface area contributed by atoms with Crippen LogP contribution in [-0.2, 0) is 24.8 Å². The van der Waals surface area contributed by atoms with Gasteiger partial charge in [-0.25, -0.2) is 21.1 Å². The highest BCUT2D eigenvalue weighted by Gasteiger charge is 2.32. The van der Waals surface area contributed by atoms with E-state index in [0.717, 1.165) is 11.6 Å². The van der Waals surface area contributed by atoms with Crippen LogP contribution in [0.2, 0.25) is 0 Å². The van der Waals surface area contributed by atoms with E-state index in [0.29, 0.717) is 10.1 Å². The van der Waals surface area contributed by atoms with Crippen LogP contribution >= 0.6 is 0 Å². The van der Waals surface area contributed by atoms with Gasteiger partial charge in [0, 0.05) is 11.8 Å². The number of nitro benzene ring substituents is 1. The van der Waals surface area contributed by atoms with Crippen LogP contribution in [0.4, 0.5) is 22.7 Å². The lowest BCUT2D eigenvalue weighted by Gasteiger charge is -2.23. The van der Waals surface area contributed by atoms with Crippen LogP contribution in [0.15, 0.2) is 107 Å². The highest BCUT2D eigenvalue weighted by molar-refractivity contribution is 7.93. The number of para-hydroxylation sites is 2. The molecule has 0 saturated heterocycles. The standard InChI is InChI=1S/C28H26N4O8S2/c1-20-12-17-27(40-2)24(18-20)30-41(36,37)22-15-13-21(14-16-22)29-28(33)19-31(25-10-6-7-11-26(25)32(34)35)42(38,39)23-8-4-3-5-9-23/h3-18,30H,19H2,1-2H3,(H,29,33). The van der Waals surface area contributed by atoms with E-state index in [-0.39, 0.29) is 26.9 Å². The smallest absolute Gasteiger partial charge is 0.293 e. The van der Waals surface area contributed by atoms with Gasteiger partial charge < -0.3 is 10.1 Å². The van der Waals surface area contributed by atoms with E-state index in [1.54, 1.807) is 31.2 Å². The summed E-state index contributed by atoms with van der Waals surface area (Å²) in [6.45, 7) is 1.01. The highest BCUT2D eigenvalue weighted by atomic mass is 32.2. The first-order chi connectivity index (χ1) is 19.9. The molecule has 0 aliphatic carbocycles. The molecule has 42 heavy (non-hydrogen) atoms. The van der Waals surface area contributed by atoms with Crippen LogP contribution < -0.4 is 19.1 Å². The van der Waals surface area contributed by atoms with Crippen LogP contribution in [0.25, 0.3) is 0 Å². The zero-order valence-corrected chi connectivity index (χ0v) is 24.1. The van der Waals surface area contributed by atoms with E-state index in [2.05, 4.69) is 10.0 Å². The van der Waals surface area contributed by atoms with E-state index < -0.39 is 43.1 Å². The fraction of sp³-hybridized carbons (Fsp3) is 0.107. The summed E-state index contributed by atoms with van der Waals surface area (Å²) in [5.41, 5.74) is 0.449. The lowest BCUT2D eigenvalue weighted by molar-refractivity contribution is -0.384. The minimum absolute atomic E-state index is 0.0998. The van der Waals surface area contributed by atoms with Gasteiger partial charge in [0.2, 0.25) is 5.91 Å². The molecule has 2 N–H and O–H groups in total. The maximum absolute atomic E-state index is 13.5. The second-order valence-electron chi connectivity index (χ2n) is 8.95. The van der Waals surface area contributed by atoms with Crippen LogP contribution in [0.1, 0.15) is 5.56 Å². The quantitative estimate of drug-likeness (QED) is 0.184. The van der Waals surface area contributed by atoms with Crippen LogP contribution in [0.5, 0.6) is 5.75 Å². The highest BCUT2D eigenvalue weighted by Crippen LogP contribution is 2.32. The fourth-order valence-electron chi connectivity index (χ4n) is 4.00. The predicted molar refractivity (Wildman–Crippen MR) is 158 cm³/mol. The number of anilines is 3. The number of nitrogens with one attached hydrogen (secondary N) is 2. The Morgan fingerprint density at radius 2 is 1.52 bits per heavy atom. The monoisotopic (exact) mass is 610 g/mol. The average Bonchev–Trinajstić information content (AvgIpc) is 2.96. The first-order valence-electron chi connectivity index (χ1n) is 12.3. The number of carbonyl (C=O) groups excluding carboxylic acids is 1. The number of methoxy groups -OCH3 is 1. The minimum atomic E-state index is -4.39. The second-order valence-corrected chi connectivity index (χ2v) is 12.5. The summed E-state index contributed by atoms with van der Waals surface area (Å²) in [5.74, 6) is -0.479. The number of amides is 1. The van der Waals surface area contributed by atoms with Crippen LogP contribution in [-0.4, -0.2) is 41.3 Å². The Bertz CT molecular complexity index is 1830. The van der Waals surface area contributed by atoms with E-state index in [1.807, 2.05) is 0 Å². The number of benzene rings is 4. The van der Waals surface area contributed by atoms with Crippen molar-refractivity contribution in [3.8, 4) is 5.75 Å². The molecule has 0 atom stereocenters. The number of ether oxygens (including phenoxy) is 1. The van der Waals surface area contributed by atoms with Gasteiger partial charge in [0.15, 0.2) is 0 Å². The number of carbonyl (C=O) groups is 1. The molecule has 0 unspecified atom stereocenters. The summed E-state index contributed by atoms with van der Waals surface area (Å²) >= 11 is 0. The summed E-state index contributed by atoms with van der Waals surface area (Å²) in [6.07, 6.45) is 0. The molecule has 4 aromatic carbocycles. The summed E-state index contributed by atoms with van der Waals surface area (Å²) in [4.78, 5) is 23.7. The van der Waals surface area contributed by atoms with E-state index in [4.69, 9.17) is 4.74 Å². The molecule has 0 aliphatic heterocycles. The second kappa shape index (κ2) is 12.3. The number of aryl methyl sites for hydroxylation is 1. The number of sulfonamides is 2. The van der Waals surface area contributed by atoms with Gasteiger partial charge in [-0.3, -0.25) is 19.6 Å². The van der Waals surface area contributed by atoms with Crippen molar-refractivity contribution < 1.29 is 31.3 Å². The average molecular weight is 611 g/mol. The van der Waals surface area contributed by atoms with Crippen molar-refractivity contribution in [1.82, 2.24) is 0 Å². The largest absolute Gasteiger partial charge is 0.495 e. The molecular weight excluding hydrogens is 584 g/mol. The Morgan fingerprint density at radius 3 is 2.17 bits per heavy atom. The van der Waals surface area contributed by atoms with Crippen molar-refractivity contribution in [2.45, 2.75) is 16.7 Å². The molecule has 0 spiro atoms. The van der Waals surface area contributed by atoms with Gasteiger partial charge in [-0.1, -0.05) is 36.4 Å². The van der Waals surface area contributed by atoms with Crippen LogP contribution in [0, 0.1) is 17.0 Å². The summed E-state index contributed by atoms with van der Waals surface area (Å²) < 4.78 is 61.3. The number of nitrogens with zero attached hydrogens (tertiary/aromatic N) is 2. The van der Waals surface area contributed by atoms with Gasteiger partial charge >= 0.3 is 0 Å². The number of nitro groups is 1. The molecule has 14 heteroatoms. The summed E-state index contributed by atoms with van der Waals surface area (Å²) in [6, 6.07) is 22.6. The Morgan fingerprint density at radius 1 is 0.881 bits per heavy atom. The van der Waals surface area contributed by atoms with Crippen molar-refractivity contribution >= 4 is 48.7 Å². The summed E-state index contributed by atoms with van der Waals surface area (Å²) in [7, 11) is -6.99. The lowest BCUT2D eigenvalue weighted by Crippen LogP contribution is -2.38.